The van der Waals surface area contributed by atoms with E-state index < -0.39 is 5.70 Å². The lowest BCUT2D eigenvalue weighted by atomic mass is 10.6. The molecule has 1 aliphatic heterocycles. The Morgan fingerprint density at radius 1 is 1.33 bits per heavy atom. The van der Waals surface area contributed by atoms with E-state index in [4.69, 9.17) is 10.3 Å². The van der Waals surface area contributed by atoms with E-state index in [0.717, 1.165) is 23.1 Å². The van der Waals surface area contributed by atoms with Gasteiger partial charge in [-0.3, -0.25) is 18.9 Å². The molecule has 0 aromatic carbocycles. The monoisotopic (exact) mass is 241 g/mol. The molecule has 1 rings (SSSR count). The molecule has 4 nitrogen and oxygen atoms in total. The maximum absolute atomic E-state index is 11.8. The first-order valence-electron chi connectivity index (χ1n) is 2.90. The largest absolute Gasteiger partial charge is 0.318 e. The topological polar surface area (TPSA) is 72.3 Å². The van der Waals surface area contributed by atoms with Crippen molar-refractivity contribution in [2.75, 3.05) is 0 Å². The molecule has 0 fully saturated rings. The molecule has 4 N–H and O–H groups in total. The molecular formula is C4H8N3OPS3. The van der Waals surface area contributed by atoms with Crippen molar-refractivity contribution in [2.24, 2.45) is 10.3 Å². The van der Waals surface area contributed by atoms with Gasteiger partial charge in [0.25, 0.3) is 0 Å². The van der Waals surface area contributed by atoms with E-state index in [9.17, 15) is 4.57 Å². The molecule has 68 valence electrons. The van der Waals surface area contributed by atoms with Crippen LogP contribution in [0.15, 0.2) is 23.8 Å². The molecule has 1 heterocycles. The highest BCUT2D eigenvalue weighted by Crippen LogP contribution is 2.69. The first-order valence-corrected chi connectivity index (χ1v) is 8.36. The quantitative estimate of drug-likeness (QED) is 0.580. The molecule has 0 atom stereocenters. The third-order valence-electron chi connectivity index (χ3n) is 1.08. The third kappa shape index (κ3) is 2.25. The summed E-state index contributed by atoms with van der Waals surface area (Å²) in [6.45, 7) is 0. The maximum Gasteiger partial charge on any atom is 0.318 e. The van der Waals surface area contributed by atoms with Crippen LogP contribution in [-0.4, -0.2) is 4.08 Å². The molecule has 0 bridgehead atoms. The van der Waals surface area contributed by atoms with Crippen molar-refractivity contribution in [3.8, 4) is 0 Å². The van der Waals surface area contributed by atoms with E-state index in [-0.39, 0.29) is 0 Å². The lowest BCUT2D eigenvalue weighted by Crippen LogP contribution is -2.03. The highest BCUT2D eigenvalue weighted by Gasteiger charge is 2.28. The van der Waals surface area contributed by atoms with Crippen LogP contribution in [0.1, 0.15) is 0 Å². The number of nitrogens with zero attached hydrogens (tertiary/aromatic N) is 1. The molecule has 12 heavy (non-hydrogen) atoms. The van der Waals surface area contributed by atoms with E-state index in [1.165, 1.54) is 11.9 Å². The molecule has 0 amide bonds. The zero-order valence-electron chi connectivity index (χ0n) is 5.99. The van der Waals surface area contributed by atoms with Crippen LogP contribution in [-0.2, 0) is 4.57 Å². The fraction of sp³-hybridized carbons (Fsp3) is 0. The van der Waals surface area contributed by atoms with Crippen molar-refractivity contribution in [1.29, 1.82) is 0 Å². The van der Waals surface area contributed by atoms with E-state index in [0.29, 0.717) is 0 Å². The summed E-state index contributed by atoms with van der Waals surface area (Å²) in [7, 11) is 0. The lowest BCUT2D eigenvalue weighted by Gasteiger charge is -2.24. The summed E-state index contributed by atoms with van der Waals surface area (Å²) in [5.74, 6) is 0. The van der Waals surface area contributed by atoms with Crippen molar-refractivity contribution >= 4 is 40.8 Å². The Balaban J connectivity index is 2.74. The Bertz CT molecular complexity index is 248. The molecular weight excluding hydrogens is 233 g/mol. The fourth-order valence-corrected chi connectivity index (χ4v) is 4.95. The summed E-state index contributed by atoms with van der Waals surface area (Å²) in [6, 6.07) is 0. The zero-order chi connectivity index (χ0) is 9.03. The number of nitrogens with two attached hydrogens (primary N) is 2. The second kappa shape index (κ2) is 4.64. The Kier molecular flexibility index (Phi) is 4.09. The lowest BCUT2D eigenvalue weighted by molar-refractivity contribution is 0.580. The molecule has 1 aliphatic rings. The van der Waals surface area contributed by atoms with E-state index in [2.05, 4.69) is 0 Å². The van der Waals surface area contributed by atoms with Gasteiger partial charge in [0.05, 0.1) is 0 Å². The second-order valence-electron chi connectivity index (χ2n) is 1.76. The van der Waals surface area contributed by atoms with Gasteiger partial charge in [-0.2, -0.15) is 0 Å². The van der Waals surface area contributed by atoms with Gasteiger partial charge in [0, 0.05) is 29.3 Å². The van der Waals surface area contributed by atoms with E-state index >= 15 is 0 Å². The van der Waals surface area contributed by atoms with Gasteiger partial charge in [-0.05, 0) is 23.4 Å². The normalized spacial score (nSPS) is 17.0. The van der Waals surface area contributed by atoms with Gasteiger partial charge >= 0.3 is 5.70 Å². The standard InChI is InChI=1S/C4H8N3OPS3/c5-11-9(8,12-6)7-3-1-2-4-10-7/h1-4H,5-6H2. The van der Waals surface area contributed by atoms with Crippen LogP contribution in [0.3, 0.4) is 0 Å². The van der Waals surface area contributed by atoms with E-state index in [1.807, 2.05) is 11.5 Å². The van der Waals surface area contributed by atoms with Crippen LogP contribution >= 0.6 is 40.8 Å². The van der Waals surface area contributed by atoms with Crippen molar-refractivity contribution in [1.82, 2.24) is 4.08 Å². The number of rotatable bonds is 3. The molecule has 0 aromatic rings. The average Bonchev–Trinajstić information content (AvgIpc) is 2.18. The van der Waals surface area contributed by atoms with Crippen LogP contribution < -0.4 is 10.3 Å². The van der Waals surface area contributed by atoms with Gasteiger partial charge in [-0.25, -0.2) is 0 Å². The molecule has 0 aromatic heterocycles. The van der Waals surface area contributed by atoms with Gasteiger partial charge in [0.2, 0.25) is 0 Å². The Labute approximate surface area is 83.5 Å². The van der Waals surface area contributed by atoms with Crippen molar-refractivity contribution in [3.05, 3.63) is 23.8 Å². The first-order chi connectivity index (χ1) is 5.73. The van der Waals surface area contributed by atoms with Crippen LogP contribution in [0.2, 0.25) is 0 Å². The van der Waals surface area contributed by atoms with Gasteiger partial charge < -0.3 is 0 Å². The highest BCUT2D eigenvalue weighted by atomic mass is 33.1. The molecule has 0 radical (unpaired) electrons. The summed E-state index contributed by atoms with van der Waals surface area (Å²) in [4.78, 5) is 0. The Hall–Kier alpha value is 0.480. The smallest absolute Gasteiger partial charge is 0.273 e. The average molecular weight is 241 g/mol. The SMILES string of the molecule is NSP(=O)(SN)N1C=CC=CS1. The molecule has 0 saturated carbocycles. The van der Waals surface area contributed by atoms with Gasteiger partial charge in [-0.1, -0.05) is 6.08 Å². The number of allylic oxidation sites excluding steroid dienone is 2. The molecule has 0 saturated heterocycles. The summed E-state index contributed by atoms with van der Waals surface area (Å²) in [5, 5.41) is 12.4. The summed E-state index contributed by atoms with van der Waals surface area (Å²) in [5.41, 5.74) is -2.71. The third-order valence-corrected chi connectivity index (χ3v) is 8.64. The van der Waals surface area contributed by atoms with Crippen molar-refractivity contribution in [3.63, 3.8) is 0 Å². The van der Waals surface area contributed by atoms with Crippen LogP contribution in [0.5, 0.6) is 0 Å². The van der Waals surface area contributed by atoms with Gasteiger partial charge in [0.1, 0.15) is 0 Å². The van der Waals surface area contributed by atoms with Crippen molar-refractivity contribution < 1.29 is 4.57 Å². The minimum atomic E-state index is -2.71. The predicted molar refractivity (Wildman–Crippen MR) is 58.9 cm³/mol. The van der Waals surface area contributed by atoms with Crippen molar-refractivity contribution in [2.45, 2.75) is 0 Å². The number of hydrogen-bond acceptors (Lipinski definition) is 6. The van der Waals surface area contributed by atoms with E-state index in [1.54, 1.807) is 16.4 Å². The number of hydrogen-bond donors (Lipinski definition) is 2. The van der Waals surface area contributed by atoms with Crippen LogP contribution in [0, 0.1) is 0 Å². The molecule has 0 unspecified atom stereocenters. The summed E-state index contributed by atoms with van der Waals surface area (Å²) in [6.07, 6.45) is 5.34. The summed E-state index contributed by atoms with van der Waals surface area (Å²) >= 11 is 2.90. The minimum absolute atomic E-state index is 0.792. The molecule has 0 aliphatic carbocycles. The maximum atomic E-state index is 11.8. The summed E-state index contributed by atoms with van der Waals surface area (Å²) < 4.78 is 13.4. The molecule has 8 heteroatoms. The Morgan fingerprint density at radius 2 is 2.00 bits per heavy atom. The van der Waals surface area contributed by atoms with Gasteiger partial charge in [-0.15, -0.1) is 0 Å². The van der Waals surface area contributed by atoms with Crippen LogP contribution in [0.25, 0.3) is 0 Å². The zero-order valence-corrected chi connectivity index (χ0v) is 9.34. The predicted octanol–water partition coefficient (Wildman–Crippen LogP) is 2.30. The Morgan fingerprint density at radius 3 is 2.42 bits per heavy atom. The van der Waals surface area contributed by atoms with Crippen LogP contribution in [0.4, 0.5) is 0 Å². The first kappa shape index (κ1) is 10.6. The fourth-order valence-electron chi connectivity index (χ4n) is 0.558. The molecule has 0 spiro atoms. The highest BCUT2D eigenvalue weighted by molar-refractivity contribution is 8.89. The second-order valence-corrected chi connectivity index (χ2v) is 9.62. The van der Waals surface area contributed by atoms with Gasteiger partial charge in [0.15, 0.2) is 0 Å². The minimum Gasteiger partial charge on any atom is -0.273 e.